The Morgan fingerprint density at radius 3 is 2.84 bits per heavy atom. The summed E-state index contributed by atoms with van der Waals surface area (Å²) in [4.78, 5) is 0. The van der Waals surface area contributed by atoms with Crippen LogP contribution in [0.3, 0.4) is 0 Å². The lowest BCUT2D eigenvalue weighted by atomic mass is 10.2. The van der Waals surface area contributed by atoms with Gasteiger partial charge in [-0.25, -0.2) is 0 Å². The lowest BCUT2D eigenvalue weighted by Crippen LogP contribution is -2.00. The third-order valence-corrected chi connectivity index (χ3v) is 2.77. The van der Waals surface area contributed by atoms with Crippen LogP contribution in [-0.4, -0.2) is 13.3 Å². The van der Waals surface area contributed by atoms with Gasteiger partial charge in [-0.05, 0) is 29.8 Å². The summed E-state index contributed by atoms with van der Waals surface area (Å²) in [5, 5.41) is 4.71. The SMILES string of the molecule is CN/N=C/c1ccccc1OCc1cccc(Cl)c1. The summed E-state index contributed by atoms with van der Waals surface area (Å²) in [5.41, 5.74) is 4.69. The number of hydrogen-bond acceptors (Lipinski definition) is 3. The smallest absolute Gasteiger partial charge is 0.128 e. The van der Waals surface area contributed by atoms with Crippen LogP contribution in [0, 0.1) is 0 Å². The lowest BCUT2D eigenvalue weighted by molar-refractivity contribution is 0.306. The van der Waals surface area contributed by atoms with E-state index in [0.29, 0.717) is 11.6 Å². The molecule has 0 aliphatic rings. The molecule has 2 rings (SSSR count). The summed E-state index contributed by atoms with van der Waals surface area (Å²) < 4.78 is 5.80. The average Bonchev–Trinajstić information content (AvgIpc) is 2.44. The van der Waals surface area contributed by atoms with Crippen molar-refractivity contribution < 1.29 is 4.74 Å². The molecule has 0 bridgehead atoms. The second-order valence-electron chi connectivity index (χ2n) is 3.94. The van der Waals surface area contributed by atoms with Crippen molar-refractivity contribution in [2.75, 3.05) is 7.05 Å². The number of hydrogen-bond donors (Lipinski definition) is 1. The Morgan fingerprint density at radius 1 is 1.21 bits per heavy atom. The maximum atomic E-state index is 5.94. The van der Waals surface area contributed by atoms with E-state index in [1.54, 1.807) is 13.3 Å². The van der Waals surface area contributed by atoms with Crippen molar-refractivity contribution in [1.29, 1.82) is 0 Å². The molecule has 0 aliphatic carbocycles. The van der Waals surface area contributed by atoms with E-state index in [4.69, 9.17) is 16.3 Å². The fourth-order valence-electron chi connectivity index (χ4n) is 1.64. The van der Waals surface area contributed by atoms with Crippen LogP contribution in [0.5, 0.6) is 5.75 Å². The molecule has 4 heteroatoms. The zero-order chi connectivity index (χ0) is 13.5. The maximum absolute atomic E-state index is 5.94. The van der Waals surface area contributed by atoms with Gasteiger partial charge in [0.05, 0.1) is 6.21 Å². The second-order valence-corrected chi connectivity index (χ2v) is 4.37. The zero-order valence-electron chi connectivity index (χ0n) is 10.6. The molecule has 2 aromatic carbocycles. The molecule has 0 radical (unpaired) electrons. The topological polar surface area (TPSA) is 33.6 Å². The lowest BCUT2D eigenvalue weighted by Gasteiger charge is -2.09. The molecule has 0 unspecified atom stereocenters. The fourth-order valence-corrected chi connectivity index (χ4v) is 1.85. The van der Waals surface area contributed by atoms with Crippen LogP contribution in [0.25, 0.3) is 0 Å². The van der Waals surface area contributed by atoms with Gasteiger partial charge in [-0.2, -0.15) is 5.10 Å². The molecule has 0 fully saturated rings. The highest BCUT2D eigenvalue weighted by molar-refractivity contribution is 6.30. The first-order chi connectivity index (χ1) is 9.29. The molecule has 0 atom stereocenters. The monoisotopic (exact) mass is 274 g/mol. The van der Waals surface area contributed by atoms with Gasteiger partial charge in [0.15, 0.2) is 0 Å². The largest absolute Gasteiger partial charge is 0.488 e. The molecular weight excluding hydrogens is 260 g/mol. The van der Waals surface area contributed by atoms with Crippen molar-refractivity contribution in [2.45, 2.75) is 6.61 Å². The summed E-state index contributed by atoms with van der Waals surface area (Å²) in [6, 6.07) is 15.4. The van der Waals surface area contributed by atoms with Crippen LogP contribution < -0.4 is 10.2 Å². The first-order valence-electron chi connectivity index (χ1n) is 5.95. The molecule has 98 valence electrons. The van der Waals surface area contributed by atoms with Gasteiger partial charge in [0.2, 0.25) is 0 Å². The predicted molar refractivity (Wildman–Crippen MR) is 78.9 cm³/mol. The Bertz CT molecular complexity index is 570. The number of para-hydroxylation sites is 1. The Balaban J connectivity index is 2.09. The highest BCUT2D eigenvalue weighted by Crippen LogP contribution is 2.18. The molecule has 0 saturated heterocycles. The molecule has 3 nitrogen and oxygen atoms in total. The average molecular weight is 275 g/mol. The highest BCUT2D eigenvalue weighted by atomic mass is 35.5. The van der Waals surface area contributed by atoms with E-state index in [-0.39, 0.29) is 0 Å². The van der Waals surface area contributed by atoms with E-state index in [2.05, 4.69) is 10.5 Å². The van der Waals surface area contributed by atoms with Crippen molar-refractivity contribution in [3.8, 4) is 5.75 Å². The molecule has 0 heterocycles. The highest BCUT2D eigenvalue weighted by Gasteiger charge is 2.01. The van der Waals surface area contributed by atoms with Gasteiger partial charge in [0.25, 0.3) is 0 Å². The van der Waals surface area contributed by atoms with Crippen LogP contribution in [-0.2, 0) is 6.61 Å². The van der Waals surface area contributed by atoms with E-state index in [1.807, 2.05) is 48.5 Å². The van der Waals surface area contributed by atoms with Crippen molar-refractivity contribution in [1.82, 2.24) is 5.43 Å². The van der Waals surface area contributed by atoms with Crippen LogP contribution in [0.2, 0.25) is 5.02 Å². The van der Waals surface area contributed by atoms with Gasteiger partial charge in [0.1, 0.15) is 12.4 Å². The van der Waals surface area contributed by atoms with Crippen LogP contribution >= 0.6 is 11.6 Å². The summed E-state index contributed by atoms with van der Waals surface area (Å²) in [6.07, 6.45) is 1.73. The molecule has 1 N–H and O–H groups in total. The van der Waals surface area contributed by atoms with Crippen molar-refractivity contribution in [3.05, 3.63) is 64.7 Å². The van der Waals surface area contributed by atoms with Crippen molar-refractivity contribution >= 4 is 17.8 Å². The molecule has 19 heavy (non-hydrogen) atoms. The quantitative estimate of drug-likeness (QED) is 0.669. The van der Waals surface area contributed by atoms with Crippen LogP contribution in [0.4, 0.5) is 0 Å². The minimum Gasteiger partial charge on any atom is -0.488 e. The van der Waals surface area contributed by atoms with Crippen molar-refractivity contribution in [3.63, 3.8) is 0 Å². The van der Waals surface area contributed by atoms with Gasteiger partial charge in [-0.15, -0.1) is 0 Å². The van der Waals surface area contributed by atoms with Gasteiger partial charge in [-0.1, -0.05) is 35.9 Å². The molecule has 2 aromatic rings. The fraction of sp³-hybridized carbons (Fsp3) is 0.133. The minimum absolute atomic E-state index is 0.477. The number of ether oxygens (including phenoxy) is 1. The maximum Gasteiger partial charge on any atom is 0.128 e. The second kappa shape index (κ2) is 6.81. The Labute approximate surface area is 117 Å². The van der Waals surface area contributed by atoms with E-state index >= 15 is 0 Å². The van der Waals surface area contributed by atoms with Gasteiger partial charge >= 0.3 is 0 Å². The number of rotatable bonds is 5. The van der Waals surface area contributed by atoms with Crippen molar-refractivity contribution in [2.24, 2.45) is 5.10 Å². The molecule has 0 amide bonds. The molecule has 0 saturated carbocycles. The number of nitrogens with zero attached hydrogens (tertiary/aromatic N) is 1. The Kier molecular flexibility index (Phi) is 4.81. The normalized spacial score (nSPS) is 10.6. The van der Waals surface area contributed by atoms with E-state index in [1.165, 1.54) is 0 Å². The number of benzene rings is 2. The zero-order valence-corrected chi connectivity index (χ0v) is 11.4. The third kappa shape index (κ3) is 4.00. The summed E-state index contributed by atoms with van der Waals surface area (Å²) >= 11 is 5.94. The number of hydrazone groups is 1. The number of halogens is 1. The summed E-state index contributed by atoms with van der Waals surface area (Å²) in [7, 11) is 1.76. The molecule has 0 aromatic heterocycles. The van der Waals surface area contributed by atoms with E-state index < -0.39 is 0 Å². The van der Waals surface area contributed by atoms with Gasteiger partial charge < -0.3 is 10.2 Å². The first kappa shape index (κ1) is 13.4. The predicted octanol–water partition coefficient (Wildman–Crippen LogP) is 3.47. The third-order valence-electron chi connectivity index (χ3n) is 2.54. The molecule has 0 aliphatic heterocycles. The van der Waals surface area contributed by atoms with Crippen LogP contribution in [0.15, 0.2) is 53.6 Å². The van der Waals surface area contributed by atoms with Gasteiger partial charge in [0, 0.05) is 17.6 Å². The van der Waals surface area contributed by atoms with Crippen LogP contribution in [0.1, 0.15) is 11.1 Å². The summed E-state index contributed by atoms with van der Waals surface area (Å²) in [5.74, 6) is 0.793. The minimum atomic E-state index is 0.477. The first-order valence-corrected chi connectivity index (χ1v) is 6.33. The Hall–Kier alpha value is -2.00. The number of nitrogens with one attached hydrogen (secondary N) is 1. The molecular formula is C15H15ClN2O. The van der Waals surface area contributed by atoms with E-state index in [0.717, 1.165) is 16.9 Å². The Morgan fingerprint density at radius 2 is 2.05 bits per heavy atom. The van der Waals surface area contributed by atoms with E-state index in [9.17, 15) is 0 Å². The van der Waals surface area contributed by atoms with Gasteiger partial charge in [-0.3, -0.25) is 0 Å². The summed E-state index contributed by atoms with van der Waals surface area (Å²) in [6.45, 7) is 0.477. The standard InChI is InChI=1S/C15H15ClN2O/c1-17-18-10-13-6-2-3-8-15(13)19-11-12-5-4-7-14(16)9-12/h2-10,17H,11H2,1H3/b18-10+. The molecule has 0 spiro atoms.